The number of hydrogen-bond acceptors (Lipinski definition) is 5. The molecule has 0 radical (unpaired) electrons. The summed E-state index contributed by atoms with van der Waals surface area (Å²) in [4.78, 5) is 35.4. The highest BCUT2D eigenvalue weighted by Gasteiger charge is 2.43. The highest BCUT2D eigenvalue weighted by atomic mass is 16.7. The molecule has 0 bridgehead atoms. The first-order chi connectivity index (χ1) is 7.02. The molecule has 15 heavy (non-hydrogen) atoms. The summed E-state index contributed by atoms with van der Waals surface area (Å²) in [7, 11) is 4.01. The van der Waals surface area contributed by atoms with E-state index in [4.69, 9.17) is 9.47 Å². The molecule has 0 unspecified atom stereocenters. The Morgan fingerprint density at radius 3 is 2.00 bits per heavy atom. The molecule has 0 aromatic heterocycles. The lowest BCUT2D eigenvalue weighted by atomic mass is 10.5. The second-order valence-electron chi connectivity index (χ2n) is 2.96. The number of urea groups is 1. The van der Waals surface area contributed by atoms with Crippen molar-refractivity contribution in [3.05, 3.63) is 0 Å². The largest absolute Gasteiger partial charge is 0.354 e. The van der Waals surface area contributed by atoms with Crippen molar-refractivity contribution in [2.45, 2.75) is 6.29 Å². The van der Waals surface area contributed by atoms with Crippen LogP contribution < -0.4 is 0 Å². The van der Waals surface area contributed by atoms with Crippen LogP contribution in [0.1, 0.15) is 0 Å². The maximum absolute atomic E-state index is 11.4. The van der Waals surface area contributed by atoms with Gasteiger partial charge in [0, 0.05) is 21.3 Å². The van der Waals surface area contributed by atoms with Gasteiger partial charge in [0.1, 0.15) is 0 Å². The van der Waals surface area contributed by atoms with Crippen LogP contribution in [0.2, 0.25) is 0 Å². The maximum atomic E-state index is 11.4. The quantitative estimate of drug-likeness (QED) is 0.343. The average Bonchev–Trinajstić information content (AvgIpc) is 2.42. The molecule has 0 aromatic carbocycles. The van der Waals surface area contributed by atoms with E-state index in [2.05, 4.69) is 0 Å². The minimum absolute atomic E-state index is 0.0965. The molecular weight excluding hydrogens is 204 g/mol. The summed E-state index contributed by atoms with van der Waals surface area (Å²) < 4.78 is 9.66. The number of ether oxygens (including phenoxy) is 2. The van der Waals surface area contributed by atoms with Crippen LogP contribution in [0.3, 0.4) is 0 Å². The first kappa shape index (κ1) is 11.6. The summed E-state index contributed by atoms with van der Waals surface area (Å²) in [6.45, 7) is -0.0965. The third-order valence-electron chi connectivity index (χ3n) is 2.11. The zero-order chi connectivity index (χ0) is 11.6. The van der Waals surface area contributed by atoms with Crippen molar-refractivity contribution in [3.8, 4) is 0 Å². The Hall–Kier alpha value is -1.47. The predicted octanol–water partition coefficient (Wildman–Crippen LogP) is -0.974. The number of hydrogen-bond donors (Lipinski definition) is 0. The second kappa shape index (κ2) is 4.37. The molecule has 0 aliphatic carbocycles. The molecule has 84 valence electrons. The second-order valence-corrected chi connectivity index (χ2v) is 2.96. The molecule has 7 heteroatoms. The molecule has 1 aliphatic heterocycles. The van der Waals surface area contributed by atoms with E-state index >= 15 is 0 Å². The van der Waals surface area contributed by atoms with Gasteiger partial charge in [0.25, 0.3) is 0 Å². The zero-order valence-electron chi connectivity index (χ0n) is 8.72. The summed E-state index contributed by atoms with van der Waals surface area (Å²) in [5, 5.41) is 0. The molecule has 1 rings (SSSR count). The Kier molecular flexibility index (Phi) is 3.38. The molecule has 0 N–H and O–H groups in total. The smallest absolute Gasteiger partial charge is 0.334 e. The Labute approximate surface area is 86.5 Å². The van der Waals surface area contributed by atoms with E-state index < -0.39 is 24.1 Å². The molecule has 7 nitrogen and oxygen atoms in total. The van der Waals surface area contributed by atoms with Crippen LogP contribution in [-0.4, -0.2) is 61.7 Å². The molecule has 1 heterocycles. The van der Waals surface area contributed by atoms with Crippen molar-refractivity contribution in [2.24, 2.45) is 0 Å². The lowest BCUT2D eigenvalue weighted by molar-refractivity contribution is -0.147. The van der Waals surface area contributed by atoms with E-state index in [1.165, 1.54) is 21.3 Å². The summed E-state index contributed by atoms with van der Waals surface area (Å²) in [5.41, 5.74) is 0. The van der Waals surface area contributed by atoms with Crippen LogP contribution in [0.4, 0.5) is 4.79 Å². The molecule has 1 saturated heterocycles. The number of nitrogens with zero attached hydrogens (tertiary/aromatic N) is 2. The number of amides is 4. The van der Waals surface area contributed by atoms with E-state index in [0.29, 0.717) is 0 Å². The van der Waals surface area contributed by atoms with Crippen molar-refractivity contribution < 1.29 is 23.9 Å². The summed E-state index contributed by atoms with van der Waals surface area (Å²) in [6.07, 6.45) is -0.725. The topological polar surface area (TPSA) is 76.2 Å². The number of methoxy groups -OCH3 is 2. The van der Waals surface area contributed by atoms with Gasteiger partial charge in [-0.3, -0.25) is 19.4 Å². The molecule has 0 atom stereocenters. The van der Waals surface area contributed by atoms with Crippen LogP contribution >= 0.6 is 0 Å². The van der Waals surface area contributed by atoms with Crippen molar-refractivity contribution in [3.63, 3.8) is 0 Å². The zero-order valence-corrected chi connectivity index (χ0v) is 8.72. The monoisotopic (exact) mass is 216 g/mol. The van der Waals surface area contributed by atoms with Gasteiger partial charge >= 0.3 is 17.8 Å². The van der Waals surface area contributed by atoms with Gasteiger partial charge in [-0.1, -0.05) is 0 Å². The molecule has 4 amide bonds. The number of carbonyl (C=O) groups is 3. The highest BCUT2D eigenvalue weighted by molar-refractivity contribution is 6.44. The van der Waals surface area contributed by atoms with Gasteiger partial charge in [0.2, 0.25) is 0 Å². The fraction of sp³-hybridized carbons (Fsp3) is 0.625. The average molecular weight is 216 g/mol. The van der Waals surface area contributed by atoms with Gasteiger partial charge in [-0.2, -0.15) is 0 Å². The van der Waals surface area contributed by atoms with E-state index in [1.54, 1.807) is 0 Å². The van der Waals surface area contributed by atoms with Crippen molar-refractivity contribution in [1.82, 2.24) is 9.80 Å². The van der Waals surface area contributed by atoms with E-state index in [1.807, 2.05) is 0 Å². The molecular formula is C8H12N2O5. The third kappa shape index (κ3) is 1.97. The van der Waals surface area contributed by atoms with Gasteiger partial charge in [0.05, 0.1) is 6.54 Å². The predicted molar refractivity (Wildman–Crippen MR) is 47.7 cm³/mol. The molecule has 0 spiro atoms. The van der Waals surface area contributed by atoms with E-state index in [9.17, 15) is 14.4 Å². The SMILES string of the molecule is COC(CN1C(=O)C(=O)N(C)C1=O)OC. The van der Waals surface area contributed by atoms with Crippen molar-refractivity contribution in [2.75, 3.05) is 27.8 Å². The van der Waals surface area contributed by atoms with Gasteiger partial charge in [-0.15, -0.1) is 0 Å². The number of imide groups is 2. The first-order valence-electron chi connectivity index (χ1n) is 4.22. The van der Waals surface area contributed by atoms with Gasteiger partial charge < -0.3 is 9.47 Å². The fourth-order valence-electron chi connectivity index (χ4n) is 1.17. The molecule has 0 saturated carbocycles. The Bertz CT molecular complexity index is 299. The molecule has 0 aromatic rings. The Morgan fingerprint density at radius 2 is 1.67 bits per heavy atom. The normalized spacial score (nSPS) is 17.2. The number of carbonyl (C=O) groups excluding carboxylic acids is 3. The van der Waals surface area contributed by atoms with Crippen LogP contribution in [0.15, 0.2) is 0 Å². The maximum Gasteiger partial charge on any atom is 0.334 e. The van der Waals surface area contributed by atoms with Gasteiger partial charge in [-0.25, -0.2) is 4.79 Å². The Balaban J connectivity index is 2.74. The first-order valence-corrected chi connectivity index (χ1v) is 4.22. The summed E-state index contributed by atoms with van der Waals surface area (Å²) >= 11 is 0. The lowest BCUT2D eigenvalue weighted by Gasteiger charge is -2.18. The van der Waals surface area contributed by atoms with Crippen LogP contribution in [0, 0.1) is 0 Å². The van der Waals surface area contributed by atoms with Crippen molar-refractivity contribution in [1.29, 1.82) is 0 Å². The van der Waals surface area contributed by atoms with Crippen LogP contribution in [-0.2, 0) is 19.1 Å². The third-order valence-corrected chi connectivity index (χ3v) is 2.11. The standard InChI is InChI=1S/C8H12N2O5/c1-9-6(11)7(12)10(8(9)13)4-5(14-2)15-3/h5H,4H2,1-3H3. The number of rotatable bonds is 4. The number of likely N-dealkylation sites (N-methyl/N-ethyl adjacent to an activating group) is 1. The minimum Gasteiger partial charge on any atom is -0.354 e. The van der Waals surface area contributed by atoms with E-state index in [0.717, 1.165) is 9.80 Å². The van der Waals surface area contributed by atoms with Crippen molar-refractivity contribution >= 4 is 17.8 Å². The summed E-state index contributed by atoms with van der Waals surface area (Å²) in [6, 6.07) is -0.663. The van der Waals surface area contributed by atoms with E-state index in [-0.39, 0.29) is 6.54 Å². The highest BCUT2D eigenvalue weighted by Crippen LogP contribution is 2.10. The summed E-state index contributed by atoms with van der Waals surface area (Å²) in [5.74, 6) is -1.70. The molecule has 1 aliphatic rings. The van der Waals surface area contributed by atoms with Crippen LogP contribution in [0.25, 0.3) is 0 Å². The van der Waals surface area contributed by atoms with Gasteiger partial charge in [-0.05, 0) is 0 Å². The fourth-order valence-corrected chi connectivity index (χ4v) is 1.17. The minimum atomic E-state index is -0.860. The van der Waals surface area contributed by atoms with Gasteiger partial charge in [0.15, 0.2) is 6.29 Å². The molecule has 1 fully saturated rings. The Morgan fingerprint density at radius 1 is 1.13 bits per heavy atom. The van der Waals surface area contributed by atoms with Crippen LogP contribution in [0.5, 0.6) is 0 Å². The lowest BCUT2D eigenvalue weighted by Crippen LogP contribution is -2.39.